The maximum Gasteiger partial charge on any atom is 0.259 e. The van der Waals surface area contributed by atoms with Crippen LogP contribution >= 0.6 is 11.6 Å². The van der Waals surface area contributed by atoms with Gasteiger partial charge in [0.15, 0.2) is 0 Å². The molecular weight excluding hydrogens is 326 g/mol. The van der Waals surface area contributed by atoms with Gasteiger partial charge in [-0.2, -0.15) is 0 Å². The van der Waals surface area contributed by atoms with Gasteiger partial charge in [-0.1, -0.05) is 11.6 Å². The summed E-state index contributed by atoms with van der Waals surface area (Å²) >= 11 is 5.97. The van der Waals surface area contributed by atoms with Gasteiger partial charge in [0.2, 0.25) is 0 Å². The molecule has 2 rings (SSSR count). The summed E-state index contributed by atoms with van der Waals surface area (Å²) in [4.78, 5) is 18.6. The Morgan fingerprint density at radius 1 is 1.21 bits per heavy atom. The maximum absolute atomic E-state index is 12.4. The molecular formula is C18H20ClN3O2. The molecule has 0 fully saturated rings. The molecule has 0 heterocycles. The van der Waals surface area contributed by atoms with Crippen LogP contribution in [0.15, 0.2) is 47.5 Å². The van der Waals surface area contributed by atoms with Crippen LogP contribution < -0.4 is 15.0 Å². The minimum atomic E-state index is -0.276. The normalized spacial score (nSPS) is 11.1. The number of nitrogens with one attached hydrogen (secondary N) is 1. The summed E-state index contributed by atoms with van der Waals surface area (Å²) in [6.07, 6.45) is 0. The number of amidine groups is 1. The number of aliphatic imine (C=N–C) groups is 1. The topological polar surface area (TPSA) is 53.9 Å². The lowest BCUT2D eigenvalue weighted by Gasteiger charge is -2.18. The third-order valence-corrected chi connectivity index (χ3v) is 3.96. The molecule has 0 saturated heterocycles. The molecule has 0 aliphatic rings. The van der Waals surface area contributed by atoms with Crippen molar-refractivity contribution in [1.29, 1.82) is 0 Å². The summed E-state index contributed by atoms with van der Waals surface area (Å²) in [5, 5.41) is 3.32. The van der Waals surface area contributed by atoms with Crippen LogP contribution in [-0.2, 0) is 0 Å². The number of methoxy groups -OCH3 is 1. The molecule has 0 saturated carbocycles. The Bertz CT molecular complexity index is 757. The third-order valence-electron chi connectivity index (χ3n) is 3.73. The standard InChI is InChI=1S/C18H20ClN3O2/c1-12(20-2)22(3)15-8-6-14(7-9-15)21-18(23)16-11-13(19)5-10-17(16)24-4/h5-11H,1-4H3,(H,21,23). The maximum atomic E-state index is 12.4. The highest BCUT2D eigenvalue weighted by Crippen LogP contribution is 2.24. The van der Waals surface area contributed by atoms with Crippen molar-refractivity contribution in [1.82, 2.24) is 0 Å². The van der Waals surface area contributed by atoms with E-state index >= 15 is 0 Å². The highest BCUT2D eigenvalue weighted by Gasteiger charge is 2.13. The van der Waals surface area contributed by atoms with E-state index in [1.807, 2.05) is 43.1 Å². The zero-order valence-corrected chi connectivity index (χ0v) is 14.9. The average molecular weight is 346 g/mol. The van der Waals surface area contributed by atoms with Gasteiger partial charge in [0.05, 0.1) is 18.5 Å². The van der Waals surface area contributed by atoms with Crippen molar-refractivity contribution >= 4 is 34.7 Å². The molecule has 24 heavy (non-hydrogen) atoms. The first-order valence-electron chi connectivity index (χ1n) is 7.38. The van der Waals surface area contributed by atoms with Crippen LogP contribution in [0, 0.1) is 0 Å². The molecule has 0 atom stereocenters. The lowest BCUT2D eigenvalue weighted by molar-refractivity contribution is 0.102. The molecule has 0 spiro atoms. The van der Waals surface area contributed by atoms with Crippen molar-refractivity contribution < 1.29 is 9.53 Å². The summed E-state index contributed by atoms with van der Waals surface area (Å²) in [5.41, 5.74) is 2.06. The van der Waals surface area contributed by atoms with Crippen LogP contribution in [0.1, 0.15) is 17.3 Å². The minimum Gasteiger partial charge on any atom is -0.496 e. The van der Waals surface area contributed by atoms with Crippen LogP contribution in [0.2, 0.25) is 5.02 Å². The Morgan fingerprint density at radius 2 is 1.88 bits per heavy atom. The van der Waals surface area contributed by atoms with Gasteiger partial charge >= 0.3 is 0 Å². The summed E-state index contributed by atoms with van der Waals surface area (Å²) < 4.78 is 5.21. The van der Waals surface area contributed by atoms with Crippen molar-refractivity contribution in [2.75, 3.05) is 31.4 Å². The number of amides is 1. The van der Waals surface area contributed by atoms with Crippen LogP contribution in [-0.4, -0.2) is 32.9 Å². The van der Waals surface area contributed by atoms with Gasteiger partial charge in [-0.05, 0) is 49.4 Å². The van der Waals surface area contributed by atoms with E-state index in [2.05, 4.69) is 10.3 Å². The van der Waals surface area contributed by atoms with Gasteiger partial charge in [0, 0.05) is 30.5 Å². The quantitative estimate of drug-likeness (QED) is 0.671. The molecule has 6 heteroatoms. The van der Waals surface area contributed by atoms with Crippen molar-refractivity contribution in [3.63, 3.8) is 0 Å². The molecule has 5 nitrogen and oxygen atoms in total. The smallest absolute Gasteiger partial charge is 0.259 e. The van der Waals surface area contributed by atoms with Gasteiger partial charge in [-0.25, -0.2) is 0 Å². The molecule has 0 aliphatic heterocycles. The molecule has 0 aromatic heterocycles. The van der Waals surface area contributed by atoms with E-state index in [4.69, 9.17) is 16.3 Å². The molecule has 126 valence electrons. The van der Waals surface area contributed by atoms with Crippen molar-refractivity contribution in [2.24, 2.45) is 4.99 Å². The lowest BCUT2D eigenvalue weighted by atomic mass is 10.1. The molecule has 2 aromatic carbocycles. The third kappa shape index (κ3) is 4.06. The van der Waals surface area contributed by atoms with Gasteiger partial charge in [0.1, 0.15) is 5.75 Å². The second kappa shape index (κ2) is 7.84. The minimum absolute atomic E-state index is 0.276. The second-order valence-electron chi connectivity index (χ2n) is 5.18. The first-order valence-corrected chi connectivity index (χ1v) is 7.76. The summed E-state index contributed by atoms with van der Waals surface area (Å²) in [5.74, 6) is 1.10. The predicted molar refractivity (Wildman–Crippen MR) is 99.8 cm³/mol. The summed E-state index contributed by atoms with van der Waals surface area (Å²) in [7, 11) is 5.20. The van der Waals surface area contributed by atoms with Gasteiger partial charge in [0.25, 0.3) is 5.91 Å². The number of ether oxygens (including phenoxy) is 1. The zero-order valence-electron chi connectivity index (χ0n) is 14.1. The highest BCUT2D eigenvalue weighted by molar-refractivity contribution is 6.31. The fourth-order valence-electron chi connectivity index (χ4n) is 2.16. The van der Waals surface area contributed by atoms with E-state index in [-0.39, 0.29) is 5.91 Å². The van der Waals surface area contributed by atoms with Crippen LogP contribution in [0.25, 0.3) is 0 Å². The summed E-state index contributed by atoms with van der Waals surface area (Å²) in [6, 6.07) is 12.4. The van der Waals surface area contributed by atoms with Crippen molar-refractivity contribution in [2.45, 2.75) is 6.92 Å². The molecule has 2 aromatic rings. The van der Waals surface area contributed by atoms with Gasteiger partial charge < -0.3 is 15.0 Å². The molecule has 0 aliphatic carbocycles. The van der Waals surface area contributed by atoms with E-state index in [1.54, 1.807) is 25.2 Å². The van der Waals surface area contributed by atoms with Crippen molar-refractivity contribution in [3.05, 3.63) is 53.1 Å². The van der Waals surface area contributed by atoms with E-state index in [9.17, 15) is 4.79 Å². The Labute approximate surface area is 146 Å². The number of hydrogen-bond acceptors (Lipinski definition) is 3. The number of rotatable bonds is 4. The number of hydrogen-bond donors (Lipinski definition) is 1. The number of carbonyl (C=O) groups excluding carboxylic acids is 1. The van der Waals surface area contributed by atoms with Crippen LogP contribution in [0.4, 0.5) is 11.4 Å². The number of nitrogens with zero attached hydrogens (tertiary/aromatic N) is 2. The summed E-state index contributed by atoms with van der Waals surface area (Å²) in [6.45, 7) is 1.93. The fourth-order valence-corrected chi connectivity index (χ4v) is 2.33. The van der Waals surface area contributed by atoms with Crippen LogP contribution in [0.3, 0.4) is 0 Å². The SMILES string of the molecule is CN=C(C)N(C)c1ccc(NC(=O)c2cc(Cl)ccc2OC)cc1. The lowest BCUT2D eigenvalue weighted by Crippen LogP contribution is -2.23. The number of carbonyl (C=O) groups is 1. The van der Waals surface area contributed by atoms with E-state index in [1.165, 1.54) is 7.11 Å². The van der Waals surface area contributed by atoms with Crippen molar-refractivity contribution in [3.8, 4) is 5.75 Å². The molecule has 0 unspecified atom stereocenters. The van der Waals surface area contributed by atoms with E-state index < -0.39 is 0 Å². The predicted octanol–water partition coefficient (Wildman–Crippen LogP) is 4.09. The van der Waals surface area contributed by atoms with E-state index in [0.29, 0.717) is 22.0 Å². The Balaban J connectivity index is 2.17. The van der Waals surface area contributed by atoms with Gasteiger partial charge in [-0.3, -0.25) is 9.79 Å². The molecule has 1 amide bonds. The number of halogens is 1. The second-order valence-corrected chi connectivity index (χ2v) is 5.61. The Morgan fingerprint density at radius 3 is 2.46 bits per heavy atom. The molecule has 0 bridgehead atoms. The fraction of sp³-hybridized carbons (Fsp3) is 0.222. The highest BCUT2D eigenvalue weighted by atomic mass is 35.5. The number of anilines is 2. The number of benzene rings is 2. The van der Waals surface area contributed by atoms with Crippen LogP contribution in [0.5, 0.6) is 5.75 Å². The first-order chi connectivity index (χ1) is 11.5. The molecule has 1 N–H and O–H groups in total. The Hall–Kier alpha value is -2.53. The van der Waals surface area contributed by atoms with E-state index in [0.717, 1.165) is 11.5 Å². The molecule has 0 radical (unpaired) electrons. The average Bonchev–Trinajstić information content (AvgIpc) is 2.61. The van der Waals surface area contributed by atoms with Gasteiger partial charge in [-0.15, -0.1) is 0 Å². The monoisotopic (exact) mass is 345 g/mol. The zero-order chi connectivity index (χ0) is 17.7. The largest absolute Gasteiger partial charge is 0.496 e. The first kappa shape index (κ1) is 17.8. The Kier molecular flexibility index (Phi) is 5.82.